The lowest BCUT2D eigenvalue weighted by molar-refractivity contribution is 0.0685. The number of amides is 2. The van der Waals surface area contributed by atoms with Gasteiger partial charge in [-0.2, -0.15) is 10.2 Å². The molecule has 3 N–H and O–H groups in total. The van der Waals surface area contributed by atoms with E-state index in [2.05, 4.69) is 20.8 Å². The van der Waals surface area contributed by atoms with Gasteiger partial charge in [0.25, 0.3) is 11.8 Å². The minimum absolute atomic E-state index is 0.0599. The van der Waals surface area contributed by atoms with Gasteiger partial charge in [-0.15, -0.1) is 0 Å². The third kappa shape index (κ3) is 4.03. The molecule has 0 spiro atoms. The first-order valence-corrected chi connectivity index (χ1v) is 7.69. The van der Waals surface area contributed by atoms with Crippen LogP contribution in [0.1, 0.15) is 52.1 Å². The second-order valence-electron chi connectivity index (χ2n) is 5.70. The van der Waals surface area contributed by atoms with Crippen molar-refractivity contribution in [2.75, 3.05) is 5.32 Å². The summed E-state index contributed by atoms with van der Waals surface area (Å²) in [6, 6.07) is -0.0974. The molecule has 0 fully saturated rings. The zero-order valence-electron chi connectivity index (χ0n) is 14.4. The molecule has 2 amide bonds. The molecular formula is C15H20N6O4. The molecule has 2 aromatic rings. The van der Waals surface area contributed by atoms with Crippen LogP contribution in [-0.2, 0) is 13.6 Å². The number of aromatic carboxylic acids is 1. The molecule has 10 nitrogen and oxygen atoms in total. The van der Waals surface area contributed by atoms with Gasteiger partial charge in [-0.1, -0.05) is 0 Å². The number of carboxylic acids is 1. The third-order valence-corrected chi connectivity index (χ3v) is 3.24. The number of aromatic nitrogens is 4. The zero-order valence-corrected chi connectivity index (χ0v) is 14.4. The van der Waals surface area contributed by atoms with Gasteiger partial charge in [0.2, 0.25) is 0 Å². The quantitative estimate of drug-likeness (QED) is 0.705. The lowest BCUT2D eigenvalue weighted by Gasteiger charge is -2.08. The SMILES string of the molecule is CCn1cc(NC(=O)c2cn(C)nc2C(=O)O)c(C(=O)NC(C)C)n1. The molecule has 0 atom stereocenters. The highest BCUT2D eigenvalue weighted by atomic mass is 16.4. The number of rotatable bonds is 6. The van der Waals surface area contributed by atoms with Gasteiger partial charge in [0.15, 0.2) is 11.4 Å². The van der Waals surface area contributed by atoms with Crippen LogP contribution in [0.2, 0.25) is 0 Å². The van der Waals surface area contributed by atoms with Crippen molar-refractivity contribution in [3.8, 4) is 0 Å². The van der Waals surface area contributed by atoms with Crippen molar-refractivity contribution in [3.63, 3.8) is 0 Å². The fourth-order valence-electron chi connectivity index (χ4n) is 2.18. The van der Waals surface area contributed by atoms with Gasteiger partial charge in [-0.3, -0.25) is 19.0 Å². The maximum atomic E-state index is 12.5. The molecule has 10 heteroatoms. The molecule has 0 radical (unpaired) electrons. The van der Waals surface area contributed by atoms with E-state index in [-0.39, 0.29) is 28.7 Å². The highest BCUT2D eigenvalue weighted by molar-refractivity contribution is 6.12. The minimum Gasteiger partial charge on any atom is -0.476 e. The van der Waals surface area contributed by atoms with E-state index in [4.69, 9.17) is 5.11 Å². The number of carboxylic acid groups (broad SMARTS) is 1. The number of anilines is 1. The molecule has 2 aromatic heterocycles. The van der Waals surface area contributed by atoms with E-state index in [1.54, 1.807) is 0 Å². The summed E-state index contributed by atoms with van der Waals surface area (Å²) in [7, 11) is 1.51. The van der Waals surface area contributed by atoms with Crippen molar-refractivity contribution in [3.05, 3.63) is 29.3 Å². The van der Waals surface area contributed by atoms with E-state index in [1.165, 1.54) is 28.8 Å². The van der Waals surface area contributed by atoms with Gasteiger partial charge in [0, 0.05) is 32.0 Å². The normalized spacial score (nSPS) is 10.8. The molecule has 0 saturated carbocycles. The predicted octanol–water partition coefficient (Wildman–Crippen LogP) is 0.725. The molecule has 25 heavy (non-hydrogen) atoms. The van der Waals surface area contributed by atoms with E-state index in [0.717, 1.165) is 0 Å². The van der Waals surface area contributed by atoms with E-state index in [0.29, 0.717) is 6.54 Å². The van der Waals surface area contributed by atoms with Crippen LogP contribution < -0.4 is 10.6 Å². The van der Waals surface area contributed by atoms with Crippen LogP contribution in [0.3, 0.4) is 0 Å². The van der Waals surface area contributed by atoms with Crippen LogP contribution in [0.15, 0.2) is 12.4 Å². The summed E-state index contributed by atoms with van der Waals surface area (Å²) in [6.45, 7) is 5.96. The van der Waals surface area contributed by atoms with E-state index in [9.17, 15) is 14.4 Å². The lowest BCUT2D eigenvalue weighted by Crippen LogP contribution is -2.31. The van der Waals surface area contributed by atoms with Gasteiger partial charge in [0.05, 0.1) is 11.3 Å². The van der Waals surface area contributed by atoms with Crippen LogP contribution in [0.5, 0.6) is 0 Å². The van der Waals surface area contributed by atoms with Crippen molar-refractivity contribution >= 4 is 23.5 Å². The molecule has 0 aliphatic heterocycles. The predicted molar refractivity (Wildman–Crippen MR) is 88.6 cm³/mol. The molecule has 0 aliphatic carbocycles. The Morgan fingerprint density at radius 3 is 2.40 bits per heavy atom. The average Bonchev–Trinajstić information content (AvgIpc) is 3.10. The Balaban J connectivity index is 2.33. The fourth-order valence-corrected chi connectivity index (χ4v) is 2.18. The van der Waals surface area contributed by atoms with E-state index in [1.807, 2.05) is 20.8 Å². The Bertz CT molecular complexity index is 820. The summed E-state index contributed by atoms with van der Waals surface area (Å²) in [6.07, 6.45) is 2.82. The van der Waals surface area contributed by atoms with Gasteiger partial charge in [-0.25, -0.2) is 4.79 Å². The van der Waals surface area contributed by atoms with Gasteiger partial charge < -0.3 is 15.7 Å². The summed E-state index contributed by atoms with van der Waals surface area (Å²) in [4.78, 5) is 35.9. The second kappa shape index (κ2) is 7.16. The Morgan fingerprint density at radius 1 is 1.16 bits per heavy atom. The van der Waals surface area contributed by atoms with Crippen molar-refractivity contribution in [2.24, 2.45) is 7.05 Å². The summed E-state index contributed by atoms with van der Waals surface area (Å²) in [5, 5.41) is 22.3. The van der Waals surface area contributed by atoms with Crippen molar-refractivity contribution in [2.45, 2.75) is 33.4 Å². The lowest BCUT2D eigenvalue weighted by atomic mass is 10.2. The topological polar surface area (TPSA) is 131 Å². The monoisotopic (exact) mass is 348 g/mol. The number of nitrogens with zero attached hydrogens (tertiary/aromatic N) is 4. The van der Waals surface area contributed by atoms with Crippen LogP contribution in [0.25, 0.3) is 0 Å². The highest BCUT2D eigenvalue weighted by Crippen LogP contribution is 2.17. The Kier molecular flexibility index (Phi) is 5.20. The molecule has 0 aromatic carbocycles. The smallest absolute Gasteiger partial charge is 0.357 e. The van der Waals surface area contributed by atoms with Gasteiger partial charge in [-0.05, 0) is 20.8 Å². The summed E-state index contributed by atoms with van der Waals surface area (Å²) < 4.78 is 2.74. The molecule has 0 unspecified atom stereocenters. The van der Waals surface area contributed by atoms with E-state index >= 15 is 0 Å². The maximum Gasteiger partial charge on any atom is 0.357 e. The first kappa shape index (κ1) is 18.2. The molecule has 0 bridgehead atoms. The number of nitrogens with one attached hydrogen (secondary N) is 2. The van der Waals surface area contributed by atoms with E-state index < -0.39 is 17.8 Å². The molecule has 134 valence electrons. The fraction of sp³-hybridized carbons (Fsp3) is 0.400. The standard InChI is InChI=1S/C15H20N6O4/c1-5-21-7-10(12(19-21)14(23)16-8(2)3)17-13(22)9-6-20(4)18-11(9)15(24)25/h6-8H,5H2,1-4H3,(H,16,23)(H,17,22)(H,24,25). The molecule has 0 aliphatic rings. The van der Waals surface area contributed by atoms with Crippen LogP contribution in [-0.4, -0.2) is 48.5 Å². The molecule has 0 saturated heterocycles. The van der Waals surface area contributed by atoms with Crippen molar-refractivity contribution < 1.29 is 19.5 Å². The Morgan fingerprint density at radius 2 is 1.84 bits per heavy atom. The Hall–Kier alpha value is -3.17. The molecule has 2 rings (SSSR count). The van der Waals surface area contributed by atoms with Crippen LogP contribution in [0, 0.1) is 0 Å². The van der Waals surface area contributed by atoms with Crippen LogP contribution in [0.4, 0.5) is 5.69 Å². The van der Waals surface area contributed by atoms with Crippen molar-refractivity contribution in [1.82, 2.24) is 24.9 Å². The number of aryl methyl sites for hydroxylation is 2. The first-order chi connectivity index (χ1) is 11.7. The van der Waals surface area contributed by atoms with Crippen molar-refractivity contribution in [1.29, 1.82) is 0 Å². The summed E-state index contributed by atoms with van der Waals surface area (Å²) in [5.41, 5.74) is -0.208. The number of hydrogen-bond donors (Lipinski definition) is 3. The Labute approximate surface area is 143 Å². The third-order valence-electron chi connectivity index (χ3n) is 3.24. The molecular weight excluding hydrogens is 328 g/mol. The highest BCUT2D eigenvalue weighted by Gasteiger charge is 2.24. The largest absolute Gasteiger partial charge is 0.476 e. The maximum absolute atomic E-state index is 12.5. The van der Waals surface area contributed by atoms with Crippen LogP contribution >= 0.6 is 0 Å². The molecule has 2 heterocycles. The summed E-state index contributed by atoms with van der Waals surface area (Å²) in [5.74, 6) is -2.42. The van der Waals surface area contributed by atoms with Gasteiger partial charge in [0.1, 0.15) is 0 Å². The zero-order chi connectivity index (χ0) is 18.7. The second-order valence-corrected chi connectivity index (χ2v) is 5.70. The average molecular weight is 348 g/mol. The summed E-state index contributed by atoms with van der Waals surface area (Å²) >= 11 is 0. The first-order valence-electron chi connectivity index (χ1n) is 7.69. The minimum atomic E-state index is -1.31. The number of carbonyl (C=O) groups excluding carboxylic acids is 2. The van der Waals surface area contributed by atoms with Gasteiger partial charge >= 0.3 is 5.97 Å². The number of hydrogen-bond acceptors (Lipinski definition) is 5. The number of carbonyl (C=O) groups is 3.